The number of benzene rings is 4. The predicted molar refractivity (Wildman–Crippen MR) is 134 cm³/mol. The fourth-order valence-electron chi connectivity index (χ4n) is 3.66. The second-order valence-electron chi connectivity index (χ2n) is 7.75. The molecule has 1 aromatic heterocycles. The second-order valence-corrected chi connectivity index (χ2v) is 7.75. The third kappa shape index (κ3) is 4.29. The molecule has 5 rings (SSSR count). The quantitative estimate of drug-likeness (QED) is 0.330. The molecular weight excluding hydrogens is 424 g/mol. The smallest absolute Gasteiger partial charge is 0.167 e. The molecule has 0 saturated carbocycles. The number of nitrogens with two attached hydrogens (primary N) is 1. The monoisotopic (exact) mass is 446 g/mol. The van der Waals surface area contributed by atoms with E-state index in [1.807, 2.05) is 54.6 Å². The Morgan fingerprint density at radius 3 is 1.74 bits per heavy atom. The minimum Gasteiger partial charge on any atom is -0.507 e. The molecule has 0 aliphatic rings. The largest absolute Gasteiger partial charge is 0.507 e. The molecular formula is C28H22N4O2. The number of hydrogen-bond acceptors (Lipinski definition) is 6. The van der Waals surface area contributed by atoms with Crippen LogP contribution in [-0.4, -0.2) is 27.2 Å². The first-order chi connectivity index (χ1) is 16.6. The molecule has 0 spiro atoms. The van der Waals surface area contributed by atoms with Gasteiger partial charge in [0.15, 0.2) is 17.5 Å². The number of methoxy groups -OCH3 is 1. The van der Waals surface area contributed by atoms with Crippen molar-refractivity contribution in [3.8, 4) is 56.8 Å². The number of phenols is 1. The van der Waals surface area contributed by atoms with Crippen LogP contribution in [0.4, 0.5) is 5.69 Å². The maximum Gasteiger partial charge on any atom is 0.167 e. The van der Waals surface area contributed by atoms with Gasteiger partial charge in [-0.25, -0.2) is 15.0 Å². The number of hydrogen-bond donors (Lipinski definition) is 2. The third-order valence-electron chi connectivity index (χ3n) is 5.50. The highest BCUT2D eigenvalue weighted by Gasteiger charge is 2.15. The molecule has 5 aromatic rings. The van der Waals surface area contributed by atoms with E-state index in [0.29, 0.717) is 34.5 Å². The summed E-state index contributed by atoms with van der Waals surface area (Å²) in [5.74, 6) is 1.93. The van der Waals surface area contributed by atoms with Crippen molar-refractivity contribution in [1.82, 2.24) is 15.0 Å². The summed E-state index contributed by atoms with van der Waals surface area (Å²) >= 11 is 0. The number of nitrogen functional groups attached to an aromatic ring is 1. The van der Waals surface area contributed by atoms with Crippen LogP contribution in [0, 0.1) is 0 Å². The summed E-state index contributed by atoms with van der Waals surface area (Å²) in [4.78, 5) is 14.1. The van der Waals surface area contributed by atoms with E-state index in [2.05, 4.69) is 22.1 Å². The van der Waals surface area contributed by atoms with Gasteiger partial charge < -0.3 is 15.6 Å². The first kappa shape index (κ1) is 21.2. The summed E-state index contributed by atoms with van der Waals surface area (Å²) in [6, 6.07) is 30.6. The van der Waals surface area contributed by atoms with Gasteiger partial charge in [-0.1, -0.05) is 54.6 Å². The molecule has 0 saturated heterocycles. The van der Waals surface area contributed by atoms with Gasteiger partial charge in [-0.3, -0.25) is 0 Å². The van der Waals surface area contributed by atoms with Crippen LogP contribution >= 0.6 is 0 Å². The van der Waals surface area contributed by atoms with E-state index < -0.39 is 0 Å². The van der Waals surface area contributed by atoms with Crippen molar-refractivity contribution < 1.29 is 9.84 Å². The van der Waals surface area contributed by atoms with Crippen molar-refractivity contribution >= 4 is 5.69 Å². The summed E-state index contributed by atoms with van der Waals surface area (Å²) in [6.07, 6.45) is 0. The van der Waals surface area contributed by atoms with Crippen molar-refractivity contribution in [2.45, 2.75) is 0 Å². The maximum atomic E-state index is 10.6. The van der Waals surface area contributed by atoms with Gasteiger partial charge in [-0.15, -0.1) is 0 Å². The Hall–Kier alpha value is -4.71. The Morgan fingerprint density at radius 1 is 0.618 bits per heavy atom. The van der Waals surface area contributed by atoms with E-state index in [0.717, 1.165) is 22.3 Å². The van der Waals surface area contributed by atoms with Gasteiger partial charge in [-0.2, -0.15) is 0 Å². The summed E-state index contributed by atoms with van der Waals surface area (Å²) < 4.78 is 5.21. The topological polar surface area (TPSA) is 94.2 Å². The minimum atomic E-state index is 0.0270. The van der Waals surface area contributed by atoms with Gasteiger partial charge in [0.05, 0.1) is 12.7 Å². The Morgan fingerprint density at radius 2 is 1.15 bits per heavy atom. The lowest BCUT2D eigenvalue weighted by atomic mass is 10.0. The molecule has 6 heteroatoms. The normalized spacial score (nSPS) is 10.7. The Bertz CT molecular complexity index is 1430. The van der Waals surface area contributed by atoms with Crippen LogP contribution in [0.3, 0.4) is 0 Å². The number of aromatic hydroxyl groups is 1. The summed E-state index contributed by atoms with van der Waals surface area (Å²) in [5.41, 5.74) is 10.9. The lowest BCUT2D eigenvalue weighted by Gasteiger charge is -2.11. The lowest BCUT2D eigenvalue weighted by Crippen LogP contribution is -2.00. The van der Waals surface area contributed by atoms with Crippen LogP contribution in [0.15, 0.2) is 97.1 Å². The molecule has 0 unspecified atom stereocenters. The Balaban J connectivity index is 1.62. The first-order valence-corrected chi connectivity index (χ1v) is 10.8. The van der Waals surface area contributed by atoms with Crippen molar-refractivity contribution in [3.63, 3.8) is 0 Å². The lowest BCUT2D eigenvalue weighted by molar-refractivity contribution is 0.408. The minimum absolute atomic E-state index is 0.0270. The zero-order valence-corrected chi connectivity index (χ0v) is 18.5. The number of aromatic nitrogens is 3. The van der Waals surface area contributed by atoms with Crippen LogP contribution in [0.25, 0.3) is 45.3 Å². The summed E-state index contributed by atoms with van der Waals surface area (Å²) in [6.45, 7) is 0. The molecule has 0 amide bonds. The molecule has 0 aliphatic carbocycles. The fourth-order valence-corrected chi connectivity index (χ4v) is 3.66. The first-order valence-electron chi connectivity index (χ1n) is 10.8. The van der Waals surface area contributed by atoms with E-state index in [1.165, 1.54) is 6.07 Å². The highest BCUT2D eigenvalue weighted by atomic mass is 16.5. The van der Waals surface area contributed by atoms with Crippen molar-refractivity contribution in [1.29, 1.82) is 0 Å². The Kier molecular flexibility index (Phi) is 5.62. The fraction of sp³-hybridized carbons (Fsp3) is 0.0357. The molecule has 3 N–H and O–H groups in total. The molecule has 0 aliphatic heterocycles. The van der Waals surface area contributed by atoms with Crippen molar-refractivity contribution in [2.75, 3.05) is 12.8 Å². The van der Waals surface area contributed by atoms with Gasteiger partial charge in [0.1, 0.15) is 11.5 Å². The van der Waals surface area contributed by atoms with Crippen molar-refractivity contribution in [2.24, 2.45) is 0 Å². The standard InChI is InChI=1S/C28H22N4O2/c1-34-23-15-16-24(25(33)17-23)28-31-26(30-27(32-28)21-11-13-22(29)14-12-21)20-9-7-19(8-10-20)18-5-3-2-4-6-18/h2-17,33H,29H2,1H3. The molecule has 1 heterocycles. The van der Waals surface area contributed by atoms with Gasteiger partial charge in [0, 0.05) is 22.9 Å². The van der Waals surface area contributed by atoms with Crippen LogP contribution in [0.1, 0.15) is 0 Å². The molecule has 34 heavy (non-hydrogen) atoms. The average molecular weight is 447 g/mol. The molecule has 166 valence electrons. The predicted octanol–water partition coefficient (Wildman–Crippen LogP) is 5.84. The van der Waals surface area contributed by atoms with Crippen molar-refractivity contribution in [3.05, 3.63) is 97.1 Å². The van der Waals surface area contributed by atoms with E-state index >= 15 is 0 Å². The number of phenolic OH excluding ortho intramolecular Hbond substituents is 1. The summed E-state index contributed by atoms with van der Waals surface area (Å²) in [5, 5.41) is 10.6. The second kappa shape index (κ2) is 9.03. The van der Waals surface area contributed by atoms with E-state index in [-0.39, 0.29) is 5.75 Å². The summed E-state index contributed by atoms with van der Waals surface area (Å²) in [7, 11) is 1.55. The zero-order chi connectivity index (χ0) is 23.5. The van der Waals surface area contributed by atoms with E-state index in [1.54, 1.807) is 31.4 Å². The molecule has 0 atom stereocenters. The van der Waals surface area contributed by atoms with Gasteiger partial charge in [0.25, 0.3) is 0 Å². The van der Waals surface area contributed by atoms with Gasteiger partial charge >= 0.3 is 0 Å². The Labute approximate surface area is 197 Å². The van der Waals surface area contributed by atoms with Gasteiger partial charge in [0.2, 0.25) is 0 Å². The maximum absolute atomic E-state index is 10.6. The molecule has 4 aromatic carbocycles. The number of rotatable bonds is 5. The third-order valence-corrected chi connectivity index (χ3v) is 5.50. The highest BCUT2D eigenvalue weighted by Crippen LogP contribution is 2.33. The van der Waals surface area contributed by atoms with Crippen LogP contribution in [0.5, 0.6) is 11.5 Å². The molecule has 0 fully saturated rings. The van der Waals surface area contributed by atoms with E-state index in [4.69, 9.17) is 15.5 Å². The van der Waals surface area contributed by atoms with Crippen LogP contribution in [-0.2, 0) is 0 Å². The number of nitrogens with zero attached hydrogens (tertiary/aromatic N) is 3. The highest BCUT2D eigenvalue weighted by molar-refractivity contribution is 5.72. The van der Waals surface area contributed by atoms with E-state index in [9.17, 15) is 5.11 Å². The molecule has 0 radical (unpaired) electrons. The van der Waals surface area contributed by atoms with Crippen LogP contribution in [0.2, 0.25) is 0 Å². The van der Waals surface area contributed by atoms with Crippen LogP contribution < -0.4 is 10.5 Å². The van der Waals surface area contributed by atoms with Gasteiger partial charge in [-0.05, 0) is 47.5 Å². The number of anilines is 1. The zero-order valence-electron chi connectivity index (χ0n) is 18.5. The molecule has 6 nitrogen and oxygen atoms in total. The molecule has 0 bridgehead atoms. The SMILES string of the molecule is COc1ccc(-c2nc(-c3ccc(N)cc3)nc(-c3ccc(-c4ccccc4)cc3)n2)c(O)c1. The number of ether oxygens (including phenoxy) is 1. The average Bonchev–Trinajstić information content (AvgIpc) is 2.89.